The first-order valence-corrected chi connectivity index (χ1v) is 9.29. The van der Waals surface area contributed by atoms with Crippen LogP contribution in [0.25, 0.3) is 0 Å². The fourth-order valence-electron chi connectivity index (χ4n) is 2.15. The average molecular weight is 394 g/mol. The highest BCUT2D eigenvalue weighted by molar-refractivity contribution is 9.10. The first kappa shape index (κ1) is 17.9. The van der Waals surface area contributed by atoms with Gasteiger partial charge >= 0.3 is 0 Å². The van der Waals surface area contributed by atoms with Crippen LogP contribution in [-0.4, -0.2) is 18.8 Å². The Morgan fingerprint density at radius 3 is 2.65 bits per heavy atom. The summed E-state index contributed by atoms with van der Waals surface area (Å²) in [6.45, 7) is 1.98. The number of rotatable bonds is 7. The molecule has 1 atom stereocenters. The highest BCUT2D eigenvalue weighted by atomic mass is 79.9. The Hall–Kier alpha value is -1.46. The minimum absolute atomic E-state index is 0.0140. The maximum Gasteiger partial charge on any atom is 0.230 e. The Balaban J connectivity index is 1.77. The molecule has 0 bridgehead atoms. The Morgan fingerprint density at radius 1 is 1.26 bits per heavy atom. The van der Waals surface area contributed by atoms with Crippen molar-refractivity contribution in [3.8, 4) is 5.75 Å². The molecule has 1 N–H and O–H groups in total. The molecule has 1 amide bonds. The Kier molecular flexibility index (Phi) is 6.99. The van der Waals surface area contributed by atoms with Crippen LogP contribution in [0.5, 0.6) is 5.75 Å². The van der Waals surface area contributed by atoms with Crippen LogP contribution < -0.4 is 10.1 Å². The summed E-state index contributed by atoms with van der Waals surface area (Å²) < 4.78 is 6.20. The molecule has 0 fully saturated rings. The van der Waals surface area contributed by atoms with E-state index in [0.29, 0.717) is 5.75 Å². The van der Waals surface area contributed by atoms with E-state index in [9.17, 15) is 4.79 Å². The summed E-state index contributed by atoms with van der Waals surface area (Å²) >= 11 is 5.07. The lowest BCUT2D eigenvalue weighted by Gasteiger charge is -2.14. The van der Waals surface area contributed by atoms with E-state index in [1.54, 1.807) is 18.9 Å². The predicted octanol–water partition coefficient (Wildman–Crippen LogP) is 4.57. The van der Waals surface area contributed by atoms with Gasteiger partial charge in [-0.2, -0.15) is 0 Å². The van der Waals surface area contributed by atoms with E-state index in [-0.39, 0.29) is 11.9 Å². The number of nitrogens with one attached hydrogen (secondary N) is 1. The van der Waals surface area contributed by atoms with Crippen LogP contribution in [0.1, 0.15) is 24.1 Å². The molecule has 0 saturated heterocycles. The zero-order chi connectivity index (χ0) is 16.7. The van der Waals surface area contributed by atoms with Gasteiger partial charge in [0.2, 0.25) is 5.91 Å². The number of amides is 1. The van der Waals surface area contributed by atoms with Crippen molar-refractivity contribution in [3.05, 3.63) is 64.1 Å². The number of methoxy groups -OCH3 is 1. The molecule has 5 heteroatoms. The van der Waals surface area contributed by atoms with Crippen LogP contribution in [0, 0.1) is 0 Å². The standard InChI is InChI=1S/C18H20BrNO2S/c1-13(15-6-8-17(22-2)9-7-15)20-18(21)12-23-11-14-4-3-5-16(19)10-14/h3-10,13H,11-12H2,1-2H3,(H,20,21). The Bertz CT molecular complexity index is 646. The Morgan fingerprint density at radius 2 is 2.00 bits per heavy atom. The summed E-state index contributed by atoms with van der Waals surface area (Å²) in [4.78, 5) is 12.0. The number of carbonyl (C=O) groups is 1. The maximum atomic E-state index is 12.0. The number of benzene rings is 2. The molecular formula is C18H20BrNO2S. The van der Waals surface area contributed by atoms with Gasteiger partial charge < -0.3 is 10.1 Å². The second-order valence-electron chi connectivity index (χ2n) is 5.19. The summed E-state index contributed by atoms with van der Waals surface area (Å²) in [6.07, 6.45) is 0. The largest absolute Gasteiger partial charge is 0.497 e. The predicted molar refractivity (Wildman–Crippen MR) is 99.9 cm³/mol. The van der Waals surface area contributed by atoms with Crippen LogP contribution in [0.4, 0.5) is 0 Å². The topological polar surface area (TPSA) is 38.3 Å². The summed E-state index contributed by atoms with van der Waals surface area (Å²) in [5, 5.41) is 3.02. The number of halogens is 1. The first-order chi connectivity index (χ1) is 11.1. The van der Waals surface area contributed by atoms with Crippen LogP contribution >= 0.6 is 27.7 Å². The molecule has 3 nitrogen and oxygen atoms in total. The smallest absolute Gasteiger partial charge is 0.230 e. The molecular weight excluding hydrogens is 374 g/mol. The Labute approximate surface area is 149 Å². The molecule has 0 radical (unpaired) electrons. The molecule has 2 aromatic carbocycles. The molecule has 0 saturated carbocycles. The molecule has 0 aromatic heterocycles. The zero-order valence-electron chi connectivity index (χ0n) is 13.2. The first-order valence-electron chi connectivity index (χ1n) is 7.34. The number of ether oxygens (including phenoxy) is 1. The third kappa shape index (κ3) is 5.92. The van der Waals surface area contributed by atoms with Crippen molar-refractivity contribution in [2.24, 2.45) is 0 Å². The third-order valence-electron chi connectivity index (χ3n) is 3.38. The van der Waals surface area contributed by atoms with Crippen molar-refractivity contribution in [3.63, 3.8) is 0 Å². The van der Waals surface area contributed by atoms with Gasteiger partial charge in [0.15, 0.2) is 0 Å². The van der Waals surface area contributed by atoms with Gasteiger partial charge in [-0.3, -0.25) is 4.79 Å². The van der Waals surface area contributed by atoms with Crippen LogP contribution in [0.15, 0.2) is 53.0 Å². The molecule has 0 aliphatic carbocycles. The maximum absolute atomic E-state index is 12.0. The van der Waals surface area contributed by atoms with Gasteiger partial charge in [0.1, 0.15) is 5.75 Å². The van der Waals surface area contributed by atoms with Gasteiger partial charge in [0.05, 0.1) is 18.9 Å². The second-order valence-corrected chi connectivity index (χ2v) is 7.09. The lowest BCUT2D eigenvalue weighted by molar-refractivity contribution is -0.119. The van der Waals surface area contributed by atoms with Gasteiger partial charge in [-0.05, 0) is 42.3 Å². The molecule has 0 aliphatic rings. The van der Waals surface area contributed by atoms with Gasteiger partial charge in [0, 0.05) is 10.2 Å². The fourth-order valence-corrected chi connectivity index (χ4v) is 3.38. The van der Waals surface area contributed by atoms with E-state index in [1.807, 2.05) is 43.3 Å². The lowest BCUT2D eigenvalue weighted by Crippen LogP contribution is -2.28. The minimum atomic E-state index is -0.0140. The SMILES string of the molecule is COc1ccc(C(C)NC(=O)CSCc2cccc(Br)c2)cc1. The molecule has 122 valence electrons. The minimum Gasteiger partial charge on any atom is -0.497 e. The third-order valence-corrected chi connectivity index (χ3v) is 4.88. The summed E-state index contributed by atoms with van der Waals surface area (Å²) in [5.74, 6) is 2.14. The van der Waals surface area contributed by atoms with E-state index < -0.39 is 0 Å². The van der Waals surface area contributed by atoms with Crippen molar-refractivity contribution in [1.82, 2.24) is 5.32 Å². The van der Waals surface area contributed by atoms with Crippen molar-refractivity contribution < 1.29 is 9.53 Å². The van der Waals surface area contributed by atoms with Crippen LogP contribution in [-0.2, 0) is 10.5 Å². The molecule has 1 unspecified atom stereocenters. The van der Waals surface area contributed by atoms with Gasteiger partial charge in [-0.25, -0.2) is 0 Å². The lowest BCUT2D eigenvalue weighted by atomic mass is 10.1. The molecule has 23 heavy (non-hydrogen) atoms. The molecule has 0 heterocycles. The highest BCUT2D eigenvalue weighted by Gasteiger charge is 2.09. The van der Waals surface area contributed by atoms with Crippen LogP contribution in [0.2, 0.25) is 0 Å². The van der Waals surface area contributed by atoms with Gasteiger partial charge in [-0.1, -0.05) is 40.2 Å². The quantitative estimate of drug-likeness (QED) is 0.748. The summed E-state index contributed by atoms with van der Waals surface area (Å²) in [5.41, 5.74) is 2.27. The molecule has 2 aromatic rings. The van der Waals surface area contributed by atoms with E-state index >= 15 is 0 Å². The van der Waals surface area contributed by atoms with Crippen molar-refractivity contribution >= 4 is 33.6 Å². The van der Waals surface area contributed by atoms with E-state index in [0.717, 1.165) is 21.5 Å². The average Bonchev–Trinajstić information content (AvgIpc) is 2.55. The normalized spacial score (nSPS) is 11.8. The van der Waals surface area contributed by atoms with Crippen molar-refractivity contribution in [2.45, 2.75) is 18.7 Å². The second kappa shape index (κ2) is 8.99. The van der Waals surface area contributed by atoms with E-state index in [4.69, 9.17) is 4.74 Å². The highest BCUT2D eigenvalue weighted by Crippen LogP contribution is 2.19. The summed E-state index contributed by atoms with van der Waals surface area (Å²) in [7, 11) is 1.64. The number of hydrogen-bond donors (Lipinski definition) is 1. The zero-order valence-corrected chi connectivity index (χ0v) is 15.6. The van der Waals surface area contributed by atoms with Crippen LogP contribution in [0.3, 0.4) is 0 Å². The number of hydrogen-bond acceptors (Lipinski definition) is 3. The molecule has 2 rings (SSSR count). The summed E-state index contributed by atoms with van der Waals surface area (Å²) in [6, 6.07) is 15.9. The van der Waals surface area contributed by atoms with E-state index in [1.165, 1.54) is 5.56 Å². The van der Waals surface area contributed by atoms with E-state index in [2.05, 4.69) is 33.4 Å². The fraction of sp³-hybridized carbons (Fsp3) is 0.278. The van der Waals surface area contributed by atoms with Crippen molar-refractivity contribution in [1.29, 1.82) is 0 Å². The monoisotopic (exact) mass is 393 g/mol. The number of thioether (sulfide) groups is 1. The number of carbonyl (C=O) groups excluding carboxylic acids is 1. The van der Waals surface area contributed by atoms with Crippen molar-refractivity contribution in [2.75, 3.05) is 12.9 Å². The molecule has 0 aliphatic heterocycles. The van der Waals surface area contributed by atoms with Gasteiger partial charge in [-0.15, -0.1) is 11.8 Å². The molecule has 0 spiro atoms. The van der Waals surface area contributed by atoms with Gasteiger partial charge in [0.25, 0.3) is 0 Å².